The smallest absolute Gasteiger partial charge is 0.248 e. The first kappa shape index (κ1) is 13.4. The molecule has 1 fully saturated rings. The van der Waals surface area contributed by atoms with Crippen molar-refractivity contribution in [3.05, 3.63) is 29.6 Å². The Morgan fingerprint density at radius 2 is 2.33 bits per heavy atom. The lowest BCUT2D eigenvalue weighted by Gasteiger charge is -2.30. The molecule has 2 atom stereocenters. The normalized spacial score (nSPS) is 24.8. The van der Waals surface area contributed by atoms with Gasteiger partial charge < -0.3 is 5.11 Å². The predicted octanol–water partition coefficient (Wildman–Crippen LogP) is 3.64. The maximum absolute atomic E-state index is 13.3. The van der Waals surface area contributed by atoms with E-state index < -0.39 is 12.0 Å². The fraction of sp³-hybridized carbons (Fsp3) is 0.643. The second-order valence-corrected chi connectivity index (χ2v) is 5.30. The molecule has 0 aliphatic heterocycles. The Morgan fingerprint density at radius 3 is 3.00 bits per heavy atom. The lowest BCUT2D eigenvalue weighted by molar-refractivity contribution is -0.0591. The molecule has 2 nitrogen and oxygen atoms in total. The van der Waals surface area contributed by atoms with Gasteiger partial charge in [0.25, 0.3) is 0 Å². The van der Waals surface area contributed by atoms with Crippen molar-refractivity contribution in [3.63, 3.8) is 0 Å². The van der Waals surface area contributed by atoms with E-state index in [0.29, 0.717) is 12.8 Å². The van der Waals surface area contributed by atoms with Crippen molar-refractivity contribution in [3.8, 4) is 0 Å². The first-order chi connectivity index (χ1) is 8.48. The largest absolute Gasteiger partial charge is 0.388 e. The first-order valence-corrected chi connectivity index (χ1v) is 6.44. The predicted molar refractivity (Wildman–Crippen MR) is 65.5 cm³/mol. The summed E-state index contributed by atoms with van der Waals surface area (Å²) in [7, 11) is 0. The minimum Gasteiger partial charge on any atom is -0.388 e. The van der Waals surface area contributed by atoms with Gasteiger partial charge in [-0.25, -0.2) is 8.78 Å². The van der Waals surface area contributed by atoms with E-state index in [2.05, 4.69) is 4.98 Å². The summed E-state index contributed by atoms with van der Waals surface area (Å²) in [4.78, 5) is 3.98. The third-order valence-electron chi connectivity index (χ3n) is 3.74. The van der Waals surface area contributed by atoms with E-state index >= 15 is 0 Å². The van der Waals surface area contributed by atoms with Crippen LogP contribution in [0.25, 0.3) is 0 Å². The van der Waals surface area contributed by atoms with Gasteiger partial charge in [0.1, 0.15) is 0 Å². The van der Waals surface area contributed by atoms with Gasteiger partial charge in [-0.2, -0.15) is 0 Å². The molecule has 100 valence electrons. The van der Waals surface area contributed by atoms with Crippen LogP contribution in [0.4, 0.5) is 8.78 Å². The van der Waals surface area contributed by atoms with E-state index in [1.165, 1.54) is 0 Å². The van der Waals surface area contributed by atoms with Crippen LogP contribution in [0, 0.1) is 12.8 Å². The number of aliphatic hydroxyl groups excluding tert-OH is 1. The molecule has 1 aliphatic carbocycles. The fourth-order valence-corrected chi connectivity index (χ4v) is 2.74. The summed E-state index contributed by atoms with van der Waals surface area (Å²) in [6, 6.07) is 1.83. The van der Waals surface area contributed by atoms with Crippen LogP contribution in [0.3, 0.4) is 0 Å². The molecular weight excluding hydrogens is 236 g/mol. The molecule has 0 saturated heterocycles. The van der Waals surface area contributed by atoms with Gasteiger partial charge in [-0.1, -0.05) is 0 Å². The summed E-state index contributed by atoms with van der Waals surface area (Å²) in [5.41, 5.74) is 1.71. The summed E-state index contributed by atoms with van der Waals surface area (Å²) in [6.07, 6.45) is 4.25. The molecule has 2 rings (SSSR count). The van der Waals surface area contributed by atoms with E-state index in [-0.39, 0.29) is 18.8 Å². The van der Waals surface area contributed by atoms with E-state index in [4.69, 9.17) is 0 Å². The number of alkyl halides is 2. The summed E-state index contributed by atoms with van der Waals surface area (Å²) in [5, 5.41) is 10.1. The number of pyridine rings is 1. The van der Waals surface area contributed by atoms with Gasteiger partial charge in [-0.3, -0.25) is 4.98 Å². The van der Waals surface area contributed by atoms with Crippen molar-refractivity contribution >= 4 is 0 Å². The lowest BCUT2D eigenvalue weighted by atomic mass is 9.82. The second-order valence-electron chi connectivity index (χ2n) is 5.30. The molecule has 1 aromatic heterocycles. The van der Waals surface area contributed by atoms with Crippen LogP contribution in [0.5, 0.6) is 0 Å². The van der Waals surface area contributed by atoms with Crippen LogP contribution in [0.15, 0.2) is 18.5 Å². The Kier molecular flexibility index (Phi) is 3.95. The number of halogens is 2. The van der Waals surface area contributed by atoms with Crippen molar-refractivity contribution in [2.75, 3.05) is 0 Å². The molecule has 0 radical (unpaired) electrons. The van der Waals surface area contributed by atoms with E-state index in [1.807, 2.05) is 13.0 Å². The first-order valence-electron chi connectivity index (χ1n) is 6.44. The van der Waals surface area contributed by atoms with Gasteiger partial charge in [0, 0.05) is 30.8 Å². The standard InChI is InChI=1S/C14H19F2NO/c1-10-4-6-17-9-12(10)13(18)7-11-3-2-5-14(15,16)8-11/h4,6,9,11,13,18H,2-3,5,7-8H2,1H3. The fourth-order valence-electron chi connectivity index (χ4n) is 2.74. The Hall–Kier alpha value is -1.03. The Morgan fingerprint density at radius 1 is 1.56 bits per heavy atom. The van der Waals surface area contributed by atoms with E-state index in [9.17, 15) is 13.9 Å². The minimum atomic E-state index is -2.55. The number of nitrogens with zero attached hydrogens (tertiary/aromatic N) is 1. The molecule has 0 aromatic carbocycles. The Balaban J connectivity index is 1.99. The number of aliphatic hydroxyl groups is 1. The molecule has 2 unspecified atom stereocenters. The number of hydrogen-bond donors (Lipinski definition) is 1. The van der Waals surface area contributed by atoms with Crippen molar-refractivity contribution in [2.24, 2.45) is 5.92 Å². The Bertz CT molecular complexity index is 409. The highest BCUT2D eigenvalue weighted by atomic mass is 19.3. The van der Waals surface area contributed by atoms with E-state index in [0.717, 1.165) is 17.5 Å². The summed E-state index contributed by atoms with van der Waals surface area (Å²) in [5.74, 6) is -2.64. The highest BCUT2D eigenvalue weighted by molar-refractivity contribution is 5.23. The van der Waals surface area contributed by atoms with Crippen LogP contribution in [-0.4, -0.2) is 16.0 Å². The molecule has 1 aliphatic rings. The Labute approximate surface area is 106 Å². The van der Waals surface area contributed by atoms with Gasteiger partial charge >= 0.3 is 0 Å². The zero-order valence-corrected chi connectivity index (χ0v) is 10.6. The van der Waals surface area contributed by atoms with Gasteiger partial charge in [-0.05, 0) is 43.7 Å². The van der Waals surface area contributed by atoms with Crippen LogP contribution in [0.2, 0.25) is 0 Å². The molecule has 18 heavy (non-hydrogen) atoms. The average Bonchev–Trinajstić information content (AvgIpc) is 2.28. The molecule has 1 N–H and O–H groups in total. The number of rotatable bonds is 3. The summed E-state index contributed by atoms with van der Waals surface area (Å²) >= 11 is 0. The summed E-state index contributed by atoms with van der Waals surface area (Å²) in [6.45, 7) is 1.90. The minimum absolute atomic E-state index is 0.00842. The molecular formula is C14H19F2NO. The molecule has 4 heteroatoms. The van der Waals surface area contributed by atoms with Crippen LogP contribution in [0.1, 0.15) is 49.3 Å². The third kappa shape index (κ3) is 3.25. The highest BCUT2D eigenvalue weighted by Crippen LogP contribution is 2.40. The van der Waals surface area contributed by atoms with Gasteiger partial charge in [-0.15, -0.1) is 0 Å². The summed E-state index contributed by atoms with van der Waals surface area (Å²) < 4.78 is 26.6. The molecule has 1 heterocycles. The molecule has 0 spiro atoms. The number of aromatic nitrogens is 1. The number of hydrogen-bond acceptors (Lipinski definition) is 2. The van der Waals surface area contributed by atoms with Crippen LogP contribution >= 0.6 is 0 Å². The van der Waals surface area contributed by atoms with Crippen molar-refractivity contribution in [1.82, 2.24) is 4.98 Å². The lowest BCUT2D eigenvalue weighted by Crippen LogP contribution is -2.27. The van der Waals surface area contributed by atoms with Crippen molar-refractivity contribution in [1.29, 1.82) is 0 Å². The highest BCUT2D eigenvalue weighted by Gasteiger charge is 2.36. The van der Waals surface area contributed by atoms with Crippen molar-refractivity contribution in [2.45, 2.75) is 51.1 Å². The quantitative estimate of drug-likeness (QED) is 0.894. The van der Waals surface area contributed by atoms with Gasteiger partial charge in [0.15, 0.2) is 0 Å². The SMILES string of the molecule is Cc1ccncc1C(O)CC1CCCC(F)(F)C1. The topological polar surface area (TPSA) is 33.1 Å². The maximum atomic E-state index is 13.3. The monoisotopic (exact) mass is 255 g/mol. The molecule has 0 amide bonds. The average molecular weight is 255 g/mol. The number of aryl methyl sites for hydroxylation is 1. The zero-order valence-electron chi connectivity index (χ0n) is 10.6. The van der Waals surface area contributed by atoms with Gasteiger partial charge in [0.2, 0.25) is 5.92 Å². The molecule has 1 saturated carbocycles. The third-order valence-corrected chi connectivity index (χ3v) is 3.74. The van der Waals surface area contributed by atoms with E-state index in [1.54, 1.807) is 12.4 Å². The second kappa shape index (κ2) is 5.31. The zero-order chi connectivity index (χ0) is 13.2. The van der Waals surface area contributed by atoms with Crippen LogP contribution < -0.4 is 0 Å². The molecule has 1 aromatic rings. The van der Waals surface area contributed by atoms with Gasteiger partial charge in [0.05, 0.1) is 6.10 Å². The maximum Gasteiger partial charge on any atom is 0.248 e. The molecule has 0 bridgehead atoms. The van der Waals surface area contributed by atoms with Crippen molar-refractivity contribution < 1.29 is 13.9 Å². The van der Waals surface area contributed by atoms with Crippen LogP contribution in [-0.2, 0) is 0 Å².